The van der Waals surface area contributed by atoms with Gasteiger partial charge in [0.15, 0.2) is 0 Å². The second-order valence-electron chi connectivity index (χ2n) is 7.87. The van der Waals surface area contributed by atoms with Crippen LogP contribution in [-0.4, -0.2) is 77.4 Å². The Kier molecular flexibility index (Phi) is 6.35. The van der Waals surface area contributed by atoms with Gasteiger partial charge in [-0.15, -0.1) is 0 Å². The van der Waals surface area contributed by atoms with Gasteiger partial charge < -0.3 is 24.7 Å². The molecule has 11 heteroatoms. The Hall–Kier alpha value is -3.47. The van der Waals surface area contributed by atoms with Crippen molar-refractivity contribution in [2.24, 2.45) is 0 Å². The van der Waals surface area contributed by atoms with Crippen LogP contribution in [0.15, 0.2) is 24.7 Å². The van der Waals surface area contributed by atoms with Crippen molar-refractivity contribution in [3.63, 3.8) is 0 Å². The molecule has 0 unspecified atom stereocenters. The van der Waals surface area contributed by atoms with Crippen molar-refractivity contribution >= 4 is 22.9 Å². The number of hydrogen-bond donors (Lipinski definition) is 3. The highest BCUT2D eigenvalue weighted by Crippen LogP contribution is 2.41. The van der Waals surface area contributed by atoms with Gasteiger partial charge >= 0.3 is 6.03 Å². The van der Waals surface area contributed by atoms with Crippen molar-refractivity contribution in [3.8, 4) is 22.9 Å². The standard InChI is InChI=1S/C21H26FN7O3/c1-29(2)10-12(22)8-24-21(30)28-16-7-6-14-15(9-23-18(14)27-16)17-19(31-3)25-11-26-20(17)32-13-4-5-13/h6-7,9,11-13H,4-5,8,10H2,1-3H3,(H3,23,24,27,28,30)/t12-/m0/s1. The van der Waals surface area contributed by atoms with Gasteiger partial charge in [0, 0.05) is 23.7 Å². The second kappa shape index (κ2) is 9.35. The largest absolute Gasteiger partial charge is 0.480 e. The average molecular weight is 443 g/mol. The number of nitrogens with zero attached hydrogens (tertiary/aromatic N) is 4. The number of amides is 2. The summed E-state index contributed by atoms with van der Waals surface area (Å²) in [7, 11) is 5.09. The molecule has 0 aromatic carbocycles. The van der Waals surface area contributed by atoms with Gasteiger partial charge in [0.25, 0.3) is 0 Å². The third-order valence-electron chi connectivity index (χ3n) is 4.87. The summed E-state index contributed by atoms with van der Waals surface area (Å²) in [5.41, 5.74) is 1.97. The lowest BCUT2D eigenvalue weighted by Crippen LogP contribution is -2.37. The zero-order valence-electron chi connectivity index (χ0n) is 18.2. The first-order valence-corrected chi connectivity index (χ1v) is 10.3. The van der Waals surface area contributed by atoms with Crippen LogP contribution in [0.4, 0.5) is 15.0 Å². The number of aromatic amines is 1. The Morgan fingerprint density at radius 1 is 1.31 bits per heavy atom. The summed E-state index contributed by atoms with van der Waals surface area (Å²) in [4.78, 5) is 29.9. The normalized spacial score (nSPS) is 14.4. The Bertz CT molecular complexity index is 1100. The number of anilines is 1. The van der Waals surface area contributed by atoms with Crippen LogP contribution >= 0.6 is 0 Å². The smallest absolute Gasteiger partial charge is 0.320 e. The van der Waals surface area contributed by atoms with Crippen molar-refractivity contribution < 1.29 is 18.7 Å². The first kappa shape index (κ1) is 21.8. The molecular weight excluding hydrogens is 417 g/mol. The molecule has 1 saturated carbocycles. The topological polar surface area (TPSA) is 117 Å². The number of methoxy groups -OCH3 is 1. The van der Waals surface area contributed by atoms with Crippen LogP contribution in [0, 0.1) is 0 Å². The Balaban J connectivity index is 1.52. The lowest BCUT2D eigenvalue weighted by Gasteiger charge is -2.14. The van der Waals surface area contributed by atoms with Crippen molar-refractivity contribution in [1.82, 2.24) is 30.2 Å². The van der Waals surface area contributed by atoms with Gasteiger partial charge in [0.2, 0.25) is 11.8 Å². The van der Waals surface area contributed by atoms with Gasteiger partial charge in [-0.25, -0.2) is 24.1 Å². The van der Waals surface area contributed by atoms with Gasteiger partial charge in [-0.3, -0.25) is 5.32 Å². The van der Waals surface area contributed by atoms with Crippen LogP contribution < -0.4 is 20.1 Å². The molecule has 0 aliphatic heterocycles. The molecule has 1 aliphatic carbocycles. The molecule has 1 fully saturated rings. The van der Waals surface area contributed by atoms with Crippen LogP contribution in [0.5, 0.6) is 11.8 Å². The molecule has 1 atom stereocenters. The number of carbonyl (C=O) groups is 1. The maximum Gasteiger partial charge on any atom is 0.320 e. The minimum absolute atomic E-state index is 0.0868. The highest BCUT2D eigenvalue weighted by atomic mass is 19.1. The molecule has 0 saturated heterocycles. The van der Waals surface area contributed by atoms with Crippen LogP contribution in [-0.2, 0) is 0 Å². The van der Waals surface area contributed by atoms with Crippen LogP contribution in [0.3, 0.4) is 0 Å². The molecule has 32 heavy (non-hydrogen) atoms. The van der Waals surface area contributed by atoms with Crippen molar-refractivity contribution in [3.05, 3.63) is 24.7 Å². The summed E-state index contributed by atoms with van der Waals surface area (Å²) < 4.78 is 25.2. The molecule has 2 amide bonds. The minimum Gasteiger partial charge on any atom is -0.480 e. The number of rotatable bonds is 9. The molecule has 3 aromatic heterocycles. The maximum absolute atomic E-state index is 13.8. The third kappa shape index (κ3) is 5.05. The van der Waals surface area contributed by atoms with Gasteiger partial charge in [0.05, 0.1) is 13.7 Å². The number of fused-ring (bicyclic) bond motifs is 1. The van der Waals surface area contributed by atoms with Gasteiger partial charge in [-0.05, 0) is 39.1 Å². The number of ether oxygens (including phenoxy) is 2. The fraction of sp³-hybridized carbons (Fsp3) is 0.429. The van der Waals surface area contributed by atoms with E-state index in [1.165, 1.54) is 6.33 Å². The number of nitrogens with one attached hydrogen (secondary N) is 3. The van der Waals surface area contributed by atoms with E-state index in [2.05, 4.69) is 30.6 Å². The molecule has 1 aliphatic rings. The van der Waals surface area contributed by atoms with E-state index in [4.69, 9.17) is 9.47 Å². The highest BCUT2D eigenvalue weighted by molar-refractivity contribution is 5.98. The maximum atomic E-state index is 13.8. The van der Waals surface area contributed by atoms with Crippen molar-refractivity contribution in [2.75, 3.05) is 39.6 Å². The number of H-pyrrole nitrogens is 1. The quantitative estimate of drug-likeness (QED) is 0.465. The minimum atomic E-state index is -1.16. The molecule has 0 radical (unpaired) electrons. The second-order valence-corrected chi connectivity index (χ2v) is 7.87. The van der Waals surface area contributed by atoms with Gasteiger partial charge in [-0.1, -0.05) is 0 Å². The summed E-state index contributed by atoms with van der Waals surface area (Å²) in [5, 5.41) is 5.93. The van der Waals surface area contributed by atoms with Gasteiger partial charge in [0.1, 0.15) is 35.6 Å². The van der Waals surface area contributed by atoms with Gasteiger partial charge in [-0.2, -0.15) is 0 Å². The molecule has 0 spiro atoms. The zero-order valence-corrected chi connectivity index (χ0v) is 18.2. The van der Waals surface area contributed by atoms with Crippen molar-refractivity contribution in [1.29, 1.82) is 0 Å². The summed E-state index contributed by atoms with van der Waals surface area (Å²) in [6, 6.07) is 2.97. The summed E-state index contributed by atoms with van der Waals surface area (Å²) in [5.74, 6) is 1.19. The highest BCUT2D eigenvalue weighted by Gasteiger charge is 2.28. The number of halogens is 1. The first-order chi connectivity index (χ1) is 15.4. The van der Waals surface area contributed by atoms with E-state index in [0.29, 0.717) is 28.8 Å². The molecule has 3 aromatic rings. The van der Waals surface area contributed by atoms with E-state index in [1.807, 2.05) is 6.07 Å². The number of pyridine rings is 1. The summed E-state index contributed by atoms with van der Waals surface area (Å²) in [6.07, 6.45) is 4.18. The molecule has 10 nitrogen and oxygen atoms in total. The Labute approximate surface area is 184 Å². The van der Waals surface area contributed by atoms with Crippen LogP contribution in [0.25, 0.3) is 22.2 Å². The van der Waals surface area contributed by atoms with Crippen LogP contribution in [0.1, 0.15) is 12.8 Å². The SMILES string of the molecule is COc1ncnc(OC2CC2)c1-c1c[nH]c2nc(NC(=O)NC[C@H](F)CN(C)C)ccc12. The summed E-state index contributed by atoms with van der Waals surface area (Å²) >= 11 is 0. The molecule has 3 heterocycles. The van der Waals surface area contributed by atoms with Crippen molar-refractivity contribution in [2.45, 2.75) is 25.1 Å². The van der Waals surface area contributed by atoms with E-state index in [0.717, 1.165) is 23.8 Å². The molecular formula is C21H26FN7O3. The first-order valence-electron chi connectivity index (χ1n) is 10.3. The lowest BCUT2D eigenvalue weighted by atomic mass is 10.1. The number of urea groups is 1. The fourth-order valence-corrected chi connectivity index (χ4v) is 3.28. The number of alkyl halides is 1. The number of carbonyl (C=O) groups excluding carboxylic acids is 1. The Morgan fingerprint density at radius 2 is 2.09 bits per heavy atom. The third-order valence-corrected chi connectivity index (χ3v) is 4.87. The molecule has 170 valence electrons. The van der Waals surface area contributed by atoms with Crippen LogP contribution in [0.2, 0.25) is 0 Å². The fourth-order valence-electron chi connectivity index (χ4n) is 3.28. The summed E-state index contributed by atoms with van der Waals surface area (Å²) in [6.45, 7) is 0.144. The lowest BCUT2D eigenvalue weighted by molar-refractivity contribution is 0.228. The molecule has 3 N–H and O–H groups in total. The predicted octanol–water partition coefficient (Wildman–Crippen LogP) is 2.59. The molecule has 0 bridgehead atoms. The van der Waals surface area contributed by atoms with E-state index < -0.39 is 12.2 Å². The van der Waals surface area contributed by atoms with E-state index in [1.54, 1.807) is 38.4 Å². The van der Waals surface area contributed by atoms with E-state index in [9.17, 15) is 9.18 Å². The molecule has 4 rings (SSSR count). The number of hydrogen-bond acceptors (Lipinski definition) is 7. The average Bonchev–Trinajstić information content (AvgIpc) is 3.48. The number of aromatic nitrogens is 4. The Morgan fingerprint density at radius 3 is 2.81 bits per heavy atom. The van der Waals surface area contributed by atoms with E-state index >= 15 is 0 Å². The van der Waals surface area contributed by atoms with E-state index in [-0.39, 0.29) is 19.2 Å². The zero-order chi connectivity index (χ0) is 22.7. The monoisotopic (exact) mass is 443 g/mol. The predicted molar refractivity (Wildman–Crippen MR) is 118 cm³/mol.